The highest BCUT2D eigenvalue weighted by Gasteiger charge is 2.16. The average Bonchev–Trinajstić information content (AvgIpc) is 3.22. The van der Waals surface area contributed by atoms with Crippen LogP contribution in [0.5, 0.6) is 0 Å². The van der Waals surface area contributed by atoms with Crippen molar-refractivity contribution in [3.05, 3.63) is 48.2 Å². The van der Waals surface area contributed by atoms with Crippen LogP contribution in [0, 0.1) is 0 Å². The second-order valence-corrected chi connectivity index (χ2v) is 6.69. The lowest BCUT2D eigenvalue weighted by Gasteiger charge is -2.16. The smallest absolute Gasteiger partial charge is 0.217 e. The van der Waals surface area contributed by atoms with E-state index in [1.54, 1.807) is 17.0 Å². The van der Waals surface area contributed by atoms with Crippen LogP contribution >= 0.6 is 0 Å². The van der Waals surface area contributed by atoms with Crippen LogP contribution in [0.2, 0.25) is 0 Å². The van der Waals surface area contributed by atoms with Crippen LogP contribution in [0.15, 0.2) is 47.1 Å². The highest BCUT2D eigenvalue weighted by atomic mass is 16.3. The van der Waals surface area contributed by atoms with E-state index in [-0.39, 0.29) is 6.61 Å². The second kappa shape index (κ2) is 7.21. The van der Waals surface area contributed by atoms with Crippen LogP contribution in [0.1, 0.15) is 25.8 Å². The van der Waals surface area contributed by atoms with Crippen molar-refractivity contribution in [2.24, 2.45) is 0 Å². The summed E-state index contributed by atoms with van der Waals surface area (Å²) in [6, 6.07) is 11.6. The summed E-state index contributed by atoms with van der Waals surface area (Å²) >= 11 is 0. The molecule has 0 aliphatic heterocycles. The summed E-state index contributed by atoms with van der Waals surface area (Å²) in [6.07, 6.45) is 3.10. The normalized spacial score (nSPS) is 11.8. The lowest BCUT2D eigenvalue weighted by molar-refractivity contribution is 0.0714. The molecule has 132 valence electrons. The van der Waals surface area contributed by atoms with E-state index in [2.05, 4.69) is 10.1 Å². The first kappa shape index (κ1) is 17.4. The van der Waals surface area contributed by atoms with Crippen molar-refractivity contribution >= 4 is 0 Å². The Morgan fingerprint density at radius 2 is 1.92 bits per heavy atom. The molecule has 2 heterocycles. The van der Waals surface area contributed by atoms with Gasteiger partial charge in [0.25, 0.3) is 0 Å². The van der Waals surface area contributed by atoms with Crippen LogP contribution in [0.4, 0.5) is 0 Å². The molecule has 0 atom stereocenters. The van der Waals surface area contributed by atoms with Crippen molar-refractivity contribution in [2.75, 3.05) is 6.61 Å². The zero-order chi connectivity index (χ0) is 17.9. The molecule has 0 fully saturated rings. The van der Waals surface area contributed by atoms with Gasteiger partial charge in [0.2, 0.25) is 5.82 Å². The van der Waals surface area contributed by atoms with Crippen LogP contribution in [0.3, 0.4) is 0 Å². The maximum absolute atomic E-state index is 9.85. The minimum atomic E-state index is -0.669. The van der Waals surface area contributed by atoms with Gasteiger partial charge in [-0.15, -0.1) is 5.10 Å². The van der Waals surface area contributed by atoms with E-state index >= 15 is 0 Å². The van der Waals surface area contributed by atoms with Gasteiger partial charge in [0.15, 0.2) is 11.6 Å². The molecule has 0 saturated carbocycles. The molecule has 6 heteroatoms. The van der Waals surface area contributed by atoms with Gasteiger partial charge in [-0.3, -0.25) is 0 Å². The lowest BCUT2D eigenvalue weighted by Crippen LogP contribution is -2.19. The highest BCUT2D eigenvalue weighted by molar-refractivity contribution is 5.59. The van der Waals surface area contributed by atoms with Gasteiger partial charge in [-0.1, -0.05) is 24.3 Å². The standard InChI is InChI=1S/C19H23N3O3/c1-19(2,24)10-9-14-5-7-15(8-6-14)18-20-17(16-4-3-13-25-16)21-22(18)11-12-23/h3-8,13,23-24H,9-12H2,1-2H3. The summed E-state index contributed by atoms with van der Waals surface area (Å²) in [7, 11) is 0. The minimum Gasteiger partial charge on any atom is -0.461 e. The molecule has 1 aromatic carbocycles. The third kappa shape index (κ3) is 4.35. The molecule has 0 bridgehead atoms. The zero-order valence-electron chi connectivity index (χ0n) is 14.5. The van der Waals surface area contributed by atoms with Gasteiger partial charge in [0.05, 0.1) is 25.0 Å². The van der Waals surface area contributed by atoms with E-state index in [1.165, 1.54) is 0 Å². The highest BCUT2D eigenvalue weighted by Crippen LogP contribution is 2.24. The predicted molar refractivity (Wildman–Crippen MR) is 94.9 cm³/mol. The van der Waals surface area contributed by atoms with Gasteiger partial charge >= 0.3 is 0 Å². The van der Waals surface area contributed by atoms with E-state index < -0.39 is 5.60 Å². The Kier molecular flexibility index (Phi) is 5.01. The summed E-state index contributed by atoms with van der Waals surface area (Å²) in [5.41, 5.74) is 1.41. The van der Waals surface area contributed by atoms with E-state index in [1.807, 2.05) is 44.2 Å². The van der Waals surface area contributed by atoms with E-state index in [9.17, 15) is 10.2 Å². The summed E-state index contributed by atoms with van der Waals surface area (Å²) in [5.74, 6) is 1.79. The number of rotatable bonds is 7. The number of aryl methyl sites for hydroxylation is 1. The molecule has 3 aromatic rings. The van der Waals surface area contributed by atoms with Crippen LogP contribution in [0.25, 0.3) is 23.0 Å². The number of hydrogen-bond donors (Lipinski definition) is 2. The fourth-order valence-electron chi connectivity index (χ4n) is 2.59. The number of aliphatic hydroxyl groups is 2. The fraction of sp³-hybridized carbons (Fsp3) is 0.368. The molecule has 0 saturated heterocycles. The third-order valence-corrected chi connectivity index (χ3v) is 3.96. The Labute approximate surface area is 146 Å². The number of benzene rings is 1. The molecule has 0 amide bonds. The van der Waals surface area contributed by atoms with Gasteiger partial charge < -0.3 is 14.6 Å². The minimum absolute atomic E-state index is 0.0162. The van der Waals surface area contributed by atoms with Crippen molar-refractivity contribution in [2.45, 2.75) is 38.8 Å². The number of furan rings is 1. The Hall–Kier alpha value is -2.44. The quantitative estimate of drug-likeness (QED) is 0.690. The monoisotopic (exact) mass is 341 g/mol. The third-order valence-electron chi connectivity index (χ3n) is 3.96. The van der Waals surface area contributed by atoms with Crippen molar-refractivity contribution < 1.29 is 14.6 Å². The Morgan fingerprint density at radius 3 is 2.52 bits per heavy atom. The van der Waals surface area contributed by atoms with E-state index in [0.29, 0.717) is 30.4 Å². The van der Waals surface area contributed by atoms with Crippen LogP contribution in [-0.4, -0.2) is 37.2 Å². The van der Waals surface area contributed by atoms with Crippen LogP contribution < -0.4 is 0 Å². The molecule has 6 nitrogen and oxygen atoms in total. The van der Waals surface area contributed by atoms with E-state index in [4.69, 9.17) is 4.42 Å². The van der Waals surface area contributed by atoms with Crippen molar-refractivity contribution in [1.29, 1.82) is 0 Å². The predicted octanol–water partition coefficient (Wildman–Crippen LogP) is 2.90. The number of hydrogen-bond acceptors (Lipinski definition) is 5. The summed E-state index contributed by atoms with van der Waals surface area (Å²) in [6.45, 7) is 3.98. The van der Waals surface area contributed by atoms with E-state index in [0.717, 1.165) is 17.5 Å². The molecular formula is C19H23N3O3. The maximum Gasteiger partial charge on any atom is 0.217 e. The Bertz CT molecular complexity index is 800. The molecular weight excluding hydrogens is 318 g/mol. The topological polar surface area (TPSA) is 84.3 Å². The number of aliphatic hydroxyl groups excluding tert-OH is 1. The first-order valence-electron chi connectivity index (χ1n) is 8.37. The largest absolute Gasteiger partial charge is 0.461 e. The molecule has 0 radical (unpaired) electrons. The van der Waals surface area contributed by atoms with Crippen LogP contribution in [-0.2, 0) is 13.0 Å². The molecule has 0 aliphatic carbocycles. The first-order valence-corrected chi connectivity index (χ1v) is 8.37. The molecule has 0 unspecified atom stereocenters. The lowest BCUT2D eigenvalue weighted by atomic mass is 9.98. The van der Waals surface area contributed by atoms with Crippen molar-refractivity contribution in [3.8, 4) is 23.0 Å². The molecule has 3 rings (SSSR count). The summed E-state index contributed by atoms with van der Waals surface area (Å²) in [4.78, 5) is 4.56. The molecule has 25 heavy (non-hydrogen) atoms. The van der Waals surface area contributed by atoms with Gasteiger partial charge in [0.1, 0.15) is 0 Å². The molecule has 2 aromatic heterocycles. The fourth-order valence-corrected chi connectivity index (χ4v) is 2.59. The van der Waals surface area contributed by atoms with Gasteiger partial charge in [-0.05, 0) is 44.4 Å². The summed E-state index contributed by atoms with van der Waals surface area (Å²) in [5, 5.41) is 23.6. The number of nitrogens with zero attached hydrogens (tertiary/aromatic N) is 3. The Morgan fingerprint density at radius 1 is 1.16 bits per heavy atom. The van der Waals surface area contributed by atoms with Gasteiger partial charge in [-0.2, -0.15) is 0 Å². The summed E-state index contributed by atoms with van der Waals surface area (Å²) < 4.78 is 7.04. The number of aromatic nitrogens is 3. The second-order valence-electron chi connectivity index (χ2n) is 6.69. The molecule has 0 spiro atoms. The SMILES string of the molecule is CC(C)(O)CCc1ccc(-c2nc(-c3ccco3)nn2CCO)cc1. The van der Waals surface area contributed by atoms with Crippen molar-refractivity contribution in [1.82, 2.24) is 14.8 Å². The molecule has 2 N–H and O–H groups in total. The Balaban J connectivity index is 1.85. The molecule has 0 aliphatic rings. The van der Waals surface area contributed by atoms with Gasteiger partial charge in [-0.25, -0.2) is 9.67 Å². The van der Waals surface area contributed by atoms with Crippen molar-refractivity contribution in [3.63, 3.8) is 0 Å². The first-order chi connectivity index (χ1) is 12.0. The average molecular weight is 341 g/mol. The van der Waals surface area contributed by atoms with Gasteiger partial charge in [0, 0.05) is 5.56 Å². The maximum atomic E-state index is 9.85. The zero-order valence-corrected chi connectivity index (χ0v) is 14.5.